The molecule has 7 heteroatoms. The second kappa shape index (κ2) is 8.77. The van der Waals surface area contributed by atoms with Crippen molar-refractivity contribution in [3.8, 4) is 11.4 Å². The summed E-state index contributed by atoms with van der Waals surface area (Å²) in [4.78, 5) is 25.3. The van der Waals surface area contributed by atoms with Crippen LogP contribution in [-0.4, -0.2) is 20.8 Å². The molecule has 1 amide bonds. The summed E-state index contributed by atoms with van der Waals surface area (Å²) in [6.45, 7) is 3.90. The zero-order chi connectivity index (χ0) is 22.7. The van der Waals surface area contributed by atoms with E-state index in [1.54, 1.807) is 30.3 Å². The summed E-state index contributed by atoms with van der Waals surface area (Å²) < 4.78 is 1.10. The molecule has 4 aromatic rings. The smallest absolute Gasteiger partial charge is 0.280 e. The molecule has 0 atom stereocenters. The number of aryl methyl sites for hydroxylation is 2. The van der Waals surface area contributed by atoms with Crippen molar-refractivity contribution in [3.63, 3.8) is 0 Å². The van der Waals surface area contributed by atoms with E-state index in [1.807, 2.05) is 56.3 Å². The molecule has 0 fully saturated rings. The van der Waals surface area contributed by atoms with Crippen molar-refractivity contribution < 1.29 is 9.90 Å². The number of aromatic hydroxyl groups is 1. The van der Waals surface area contributed by atoms with E-state index in [0.29, 0.717) is 17.1 Å². The Hall–Kier alpha value is -4.39. The number of anilines is 3. The molecule has 1 heterocycles. The molecular weight excluding hydrogens is 404 g/mol. The lowest BCUT2D eigenvalue weighted by Crippen LogP contribution is -2.25. The first-order chi connectivity index (χ1) is 15.4. The molecule has 0 bridgehead atoms. The number of nitrogens with one attached hydrogen (secondary N) is 2. The molecular formula is C25H22N4O3. The van der Waals surface area contributed by atoms with Crippen LogP contribution in [0.1, 0.15) is 21.6 Å². The third kappa shape index (κ3) is 4.52. The largest absolute Gasteiger partial charge is 0.505 e. The molecule has 0 saturated heterocycles. The highest BCUT2D eigenvalue weighted by molar-refractivity contribution is 6.06. The monoisotopic (exact) mass is 426 g/mol. The first kappa shape index (κ1) is 20.9. The van der Waals surface area contributed by atoms with Gasteiger partial charge in [-0.15, -0.1) is 0 Å². The summed E-state index contributed by atoms with van der Waals surface area (Å²) in [5.41, 5.74) is 3.84. The third-order valence-electron chi connectivity index (χ3n) is 4.88. The summed E-state index contributed by atoms with van der Waals surface area (Å²) in [7, 11) is 0. The molecule has 0 saturated carbocycles. The minimum atomic E-state index is -0.637. The van der Waals surface area contributed by atoms with Crippen molar-refractivity contribution in [3.05, 3.63) is 106 Å². The van der Waals surface area contributed by atoms with Crippen molar-refractivity contribution in [1.82, 2.24) is 9.78 Å². The Balaban J connectivity index is 1.64. The van der Waals surface area contributed by atoms with Crippen LogP contribution in [0.3, 0.4) is 0 Å². The van der Waals surface area contributed by atoms with E-state index in [2.05, 4.69) is 15.7 Å². The van der Waals surface area contributed by atoms with E-state index < -0.39 is 17.2 Å². The second-order valence-corrected chi connectivity index (χ2v) is 7.46. The Morgan fingerprint density at radius 3 is 2.31 bits per heavy atom. The standard InChI is InChI=1S/C25H22N4O3/c1-16-10-12-18(13-11-16)26-20-8-3-4-9-21(20)27-25(32)24-22(30)15-23(31)29(28-24)19-7-5-6-17(2)14-19/h3-15,26,30H,1-2H3,(H,27,32). The van der Waals surface area contributed by atoms with E-state index >= 15 is 0 Å². The number of nitrogens with zero attached hydrogens (tertiary/aromatic N) is 2. The lowest BCUT2D eigenvalue weighted by Gasteiger charge is -2.14. The summed E-state index contributed by atoms with van der Waals surface area (Å²) >= 11 is 0. The van der Waals surface area contributed by atoms with Crippen LogP contribution in [0.25, 0.3) is 5.69 Å². The van der Waals surface area contributed by atoms with Crippen LogP contribution in [0.4, 0.5) is 17.1 Å². The lowest BCUT2D eigenvalue weighted by atomic mass is 10.2. The average Bonchev–Trinajstić information content (AvgIpc) is 2.76. The van der Waals surface area contributed by atoms with Crippen molar-refractivity contribution in [2.75, 3.05) is 10.6 Å². The van der Waals surface area contributed by atoms with E-state index in [4.69, 9.17) is 0 Å². The number of hydrogen-bond acceptors (Lipinski definition) is 5. The SMILES string of the molecule is Cc1ccc(Nc2ccccc2NC(=O)c2nn(-c3cccc(C)c3)c(=O)cc2O)cc1. The first-order valence-electron chi connectivity index (χ1n) is 10.1. The van der Waals surface area contributed by atoms with E-state index in [-0.39, 0.29) is 5.69 Å². The molecule has 3 aromatic carbocycles. The summed E-state index contributed by atoms with van der Waals surface area (Å²) in [6.07, 6.45) is 0. The molecule has 1 aromatic heterocycles. The van der Waals surface area contributed by atoms with Crippen LogP contribution in [0.5, 0.6) is 5.75 Å². The predicted octanol–water partition coefficient (Wildman–Crippen LogP) is 4.55. The van der Waals surface area contributed by atoms with Crippen LogP contribution >= 0.6 is 0 Å². The van der Waals surface area contributed by atoms with E-state index in [1.165, 1.54) is 0 Å². The minimum absolute atomic E-state index is 0.253. The Morgan fingerprint density at radius 1 is 0.875 bits per heavy atom. The predicted molar refractivity (Wildman–Crippen MR) is 125 cm³/mol. The van der Waals surface area contributed by atoms with Crippen molar-refractivity contribution in [1.29, 1.82) is 0 Å². The van der Waals surface area contributed by atoms with E-state index in [9.17, 15) is 14.7 Å². The number of carbonyl (C=O) groups excluding carboxylic acids is 1. The quantitative estimate of drug-likeness (QED) is 0.435. The topological polar surface area (TPSA) is 96.2 Å². The Morgan fingerprint density at radius 2 is 1.59 bits per heavy atom. The van der Waals surface area contributed by atoms with Crippen LogP contribution in [0.15, 0.2) is 83.7 Å². The summed E-state index contributed by atoms with van der Waals surface area (Å²) in [6, 6.07) is 23.2. The second-order valence-electron chi connectivity index (χ2n) is 7.46. The number of para-hydroxylation sites is 2. The molecule has 0 radical (unpaired) electrons. The fourth-order valence-electron chi connectivity index (χ4n) is 3.23. The summed E-state index contributed by atoms with van der Waals surface area (Å²) in [5.74, 6) is -1.12. The Labute approximate surface area is 185 Å². The van der Waals surface area contributed by atoms with Gasteiger partial charge in [0, 0.05) is 11.8 Å². The zero-order valence-corrected chi connectivity index (χ0v) is 17.7. The molecule has 7 nitrogen and oxygen atoms in total. The van der Waals surface area contributed by atoms with Crippen LogP contribution in [0, 0.1) is 13.8 Å². The number of rotatable bonds is 5. The van der Waals surface area contributed by atoms with Gasteiger partial charge in [-0.05, 0) is 55.8 Å². The van der Waals surface area contributed by atoms with Gasteiger partial charge in [-0.3, -0.25) is 9.59 Å². The van der Waals surface area contributed by atoms with Crippen LogP contribution < -0.4 is 16.2 Å². The third-order valence-corrected chi connectivity index (χ3v) is 4.88. The van der Waals surface area contributed by atoms with Gasteiger partial charge in [-0.2, -0.15) is 9.78 Å². The minimum Gasteiger partial charge on any atom is -0.505 e. The number of amides is 1. The average molecular weight is 426 g/mol. The fourth-order valence-corrected chi connectivity index (χ4v) is 3.23. The van der Waals surface area contributed by atoms with Crippen molar-refractivity contribution in [2.45, 2.75) is 13.8 Å². The molecule has 3 N–H and O–H groups in total. The summed E-state index contributed by atoms with van der Waals surface area (Å²) in [5, 5.41) is 20.4. The fraction of sp³-hybridized carbons (Fsp3) is 0.0800. The molecule has 0 aliphatic heterocycles. The number of carbonyl (C=O) groups is 1. The maximum Gasteiger partial charge on any atom is 0.280 e. The van der Waals surface area contributed by atoms with Crippen molar-refractivity contribution in [2.24, 2.45) is 0 Å². The number of aromatic nitrogens is 2. The van der Waals surface area contributed by atoms with Gasteiger partial charge in [-0.25, -0.2) is 0 Å². The lowest BCUT2D eigenvalue weighted by molar-refractivity contribution is 0.101. The number of hydrogen-bond donors (Lipinski definition) is 3. The Bertz CT molecular complexity index is 1340. The number of benzene rings is 3. The van der Waals surface area contributed by atoms with Gasteiger partial charge >= 0.3 is 0 Å². The molecule has 4 rings (SSSR count). The highest BCUT2D eigenvalue weighted by Gasteiger charge is 2.18. The maximum atomic E-state index is 13.0. The normalized spacial score (nSPS) is 10.6. The van der Waals surface area contributed by atoms with Gasteiger partial charge in [0.1, 0.15) is 0 Å². The first-order valence-corrected chi connectivity index (χ1v) is 10.1. The van der Waals surface area contributed by atoms with Crippen LogP contribution in [0.2, 0.25) is 0 Å². The van der Waals surface area contributed by atoms with Gasteiger partial charge in [0.15, 0.2) is 11.4 Å². The van der Waals surface area contributed by atoms with Gasteiger partial charge in [0.25, 0.3) is 11.5 Å². The molecule has 160 valence electrons. The molecule has 0 aliphatic rings. The molecule has 32 heavy (non-hydrogen) atoms. The maximum absolute atomic E-state index is 13.0. The van der Waals surface area contributed by atoms with Crippen molar-refractivity contribution >= 4 is 23.0 Å². The highest BCUT2D eigenvalue weighted by Crippen LogP contribution is 2.26. The van der Waals surface area contributed by atoms with Gasteiger partial charge < -0.3 is 15.7 Å². The zero-order valence-electron chi connectivity index (χ0n) is 17.7. The van der Waals surface area contributed by atoms with Gasteiger partial charge in [0.05, 0.1) is 17.1 Å². The Kier molecular flexibility index (Phi) is 5.72. The van der Waals surface area contributed by atoms with E-state index in [0.717, 1.165) is 27.6 Å². The van der Waals surface area contributed by atoms with Gasteiger partial charge in [0.2, 0.25) is 0 Å². The van der Waals surface area contributed by atoms with Crippen LogP contribution in [-0.2, 0) is 0 Å². The molecule has 0 unspecified atom stereocenters. The highest BCUT2D eigenvalue weighted by atomic mass is 16.3. The molecule has 0 spiro atoms. The molecule has 0 aliphatic carbocycles. The van der Waals surface area contributed by atoms with Gasteiger partial charge in [-0.1, -0.05) is 42.0 Å².